The van der Waals surface area contributed by atoms with E-state index in [1.54, 1.807) is 0 Å². The Hall–Kier alpha value is -2.31. The van der Waals surface area contributed by atoms with Crippen molar-refractivity contribution in [1.29, 1.82) is 0 Å². The summed E-state index contributed by atoms with van der Waals surface area (Å²) >= 11 is 0. The highest BCUT2D eigenvalue weighted by Gasteiger charge is 2.18. The molecule has 0 saturated carbocycles. The molecule has 25 heavy (non-hydrogen) atoms. The minimum Gasteiger partial charge on any atom is -0.407 e. The molecule has 0 saturated heterocycles. The van der Waals surface area contributed by atoms with Gasteiger partial charge in [-0.1, -0.05) is 5.10 Å². The minimum atomic E-state index is -3.59. The Bertz CT molecular complexity index is 978. The summed E-state index contributed by atoms with van der Waals surface area (Å²) in [6, 6.07) is 5.01. The normalized spacial score (nSPS) is 12.3. The number of hydrogen-bond donors (Lipinski definition) is 1. The molecule has 0 spiro atoms. The summed E-state index contributed by atoms with van der Waals surface area (Å²) in [5.74, 6) is -1.19. The molecule has 1 N–H and O–H groups in total. The van der Waals surface area contributed by atoms with Crippen LogP contribution < -0.4 is 5.32 Å². The number of rotatable bonds is 6. The highest BCUT2D eigenvalue weighted by Crippen LogP contribution is 2.15. The highest BCUT2D eigenvalue weighted by molar-refractivity contribution is 7.89. The van der Waals surface area contributed by atoms with Gasteiger partial charge in [-0.05, 0) is 24.3 Å². The number of sulfonamides is 1. The van der Waals surface area contributed by atoms with Gasteiger partial charge in [0.15, 0.2) is 9.84 Å². The average Bonchev–Trinajstić information content (AvgIpc) is 2.92. The lowest BCUT2D eigenvalue weighted by Gasteiger charge is -2.11. The Labute approximate surface area is 144 Å². The maximum Gasteiger partial charge on any atom is 0.322 e. The third-order valence-corrected chi connectivity index (χ3v) is 5.57. The molecule has 1 amide bonds. The number of carbonyl (C=O) groups excluding carboxylic acids is 1. The summed E-state index contributed by atoms with van der Waals surface area (Å²) in [5, 5.41) is 9.36. The van der Waals surface area contributed by atoms with Crippen LogP contribution in [0.25, 0.3) is 0 Å². The average molecular weight is 388 g/mol. The standard InChI is InChI=1S/C13H16N4O6S2/c1-17(2)25(21,22)10-6-4-9(5-7-10)12(18)14-13-16-15-11(23-13)8-24(3,19)20/h4-7H,8H2,1-3H3,(H,14,16,18). The van der Waals surface area contributed by atoms with Gasteiger partial charge in [0.25, 0.3) is 5.91 Å². The molecule has 2 aromatic rings. The number of nitrogens with zero attached hydrogens (tertiary/aromatic N) is 3. The molecular formula is C13H16N4O6S2. The maximum absolute atomic E-state index is 12.1. The van der Waals surface area contributed by atoms with E-state index < -0.39 is 31.5 Å². The van der Waals surface area contributed by atoms with E-state index in [9.17, 15) is 21.6 Å². The fraction of sp³-hybridized carbons (Fsp3) is 0.308. The summed E-state index contributed by atoms with van der Waals surface area (Å²) in [6.07, 6.45) is 1.01. The number of aromatic nitrogens is 2. The van der Waals surface area contributed by atoms with Crippen molar-refractivity contribution < 1.29 is 26.0 Å². The van der Waals surface area contributed by atoms with E-state index in [4.69, 9.17) is 4.42 Å². The first-order chi connectivity index (χ1) is 11.5. The molecule has 0 fully saturated rings. The number of hydrogen-bond acceptors (Lipinski definition) is 8. The number of benzene rings is 1. The molecule has 0 bridgehead atoms. The summed E-state index contributed by atoms with van der Waals surface area (Å²) in [7, 11) is -4.12. The van der Waals surface area contributed by atoms with E-state index in [0.717, 1.165) is 10.6 Å². The Morgan fingerprint density at radius 3 is 2.24 bits per heavy atom. The lowest BCUT2D eigenvalue weighted by atomic mass is 10.2. The third kappa shape index (κ3) is 4.84. The molecule has 0 aliphatic heterocycles. The zero-order valence-electron chi connectivity index (χ0n) is 13.6. The predicted octanol–water partition coefficient (Wildman–Crippen LogP) is 0.117. The summed E-state index contributed by atoms with van der Waals surface area (Å²) in [5.41, 5.74) is 0.167. The molecule has 1 aromatic carbocycles. The number of amides is 1. The van der Waals surface area contributed by atoms with Crippen LogP contribution in [0.5, 0.6) is 0 Å². The van der Waals surface area contributed by atoms with Crippen molar-refractivity contribution in [2.24, 2.45) is 0 Å². The molecule has 0 atom stereocenters. The van der Waals surface area contributed by atoms with Gasteiger partial charge in [0.1, 0.15) is 5.75 Å². The van der Waals surface area contributed by atoms with Crippen molar-refractivity contribution in [3.8, 4) is 0 Å². The largest absolute Gasteiger partial charge is 0.407 e. The molecule has 12 heteroatoms. The van der Waals surface area contributed by atoms with Crippen LogP contribution >= 0.6 is 0 Å². The predicted molar refractivity (Wildman–Crippen MR) is 88.1 cm³/mol. The molecule has 1 aromatic heterocycles. The van der Waals surface area contributed by atoms with Gasteiger partial charge in [-0.3, -0.25) is 10.1 Å². The van der Waals surface area contributed by atoms with Gasteiger partial charge in [-0.25, -0.2) is 21.1 Å². The number of nitrogens with one attached hydrogen (secondary N) is 1. The Kier molecular flexibility index (Phi) is 5.25. The zero-order valence-corrected chi connectivity index (χ0v) is 15.3. The van der Waals surface area contributed by atoms with Crippen molar-refractivity contribution in [3.05, 3.63) is 35.7 Å². The number of sulfone groups is 1. The van der Waals surface area contributed by atoms with Crippen LogP contribution in [0.3, 0.4) is 0 Å². The molecule has 0 aliphatic carbocycles. The van der Waals surface area contributed by atoms with E-state index in [1.165, 1.54) is 38.4 Å². The van der Waals surface area contributed by atoms with E-state index in [1.807, 2.05) is 0 Å². The van der Waals surface area contributed by atoms with E-state index >= 15 is 0 Å². The number of carbonyl (C=O) groups is 1. The summed E-state index contributed by atoms with van der Waals surface area (Å²) in [4.78, 5) is 12.1. The van der Waals surface area contributed by atoms with Gasteiger partial charge in [-0.15, -0.1) is 5.10 Å². The van der Waals surface area contributed by atoms with E-state index in [2.05, 4.69) is 15.5 Å². The van der Waals surface area contributed by atoms with Crippen LogP contribution in [-0.2, 0) is 25.6 Å². The van der Waals surface area contributed by atoms with Crippen molar-refractivity contribution >= 4 is 31.8 Å². The second kappa shape index (κ2) is 6.90. The molecule has 136 valence electrons. The van der Waals surface area contributed by atoms with Crippen LogP contribution in [-0.4, -0.2) is 57.6 Å². The van der Waals surface area contributed by atoms with Gasteiger partial charge in [-0.2, -0.15) is 0 Å². The minimum absolute atomic E-state index is 0.0438. The van der Waals surface area contributed by atoms with Gasteiger partial charge >= 0.3 is 6.01 Å². The first-order valence-corrected chi connectivity index (χ1v) is 10.3. The van der Waals surface area contributed by atoms with Crippen LogP contribution in [0, 0.1) is 0 Å². The molecule has 0 aliphatic rings. The van der Waals surface area contributed by atoms with Crippen molar-refractivity contribution in [2.45, 2.75) is 10.6 Å². The SMILES string of the molecule is CN(C)S(=O)(=O)c1ccc(C(=O)Nc2nnc(CS(C)(=O)=O)o2)cc1. The van der Waals surface area contributed by atoms with Gasteiger partial charge in [0, 0.05) is 25.9 Å². The molecule has 10 nitrogen and oxygen atoms in total. The quantitative estimate of drug-likeness (QED) is 0.736. The summed E-state index contributed by atoms with van der Waals surface area (Å²) < 4.78 is 52.3. The van der Waals surface area contributed by atoms with Crippen LogP contribution in [0.4, 0.5) is 6.01 Å². The fourth-order valence-electron chi connectivity index (χ4n) is 1.75. The lowest BCUT2D eigenvalue weighted by molar-refractivity contribution is 0.102. The van der Waals surface area contributed by atoms with Crippen molar-refractivity contribution in [3.63, 3.8) is 0 Å². The van der Waals surface area contributed by atoms with Gasteiger partial charge in [0.2, 0.25) is 15.9 Å². The van der Waals surface area contributed by atoms with Crippen molar-refractivity contribution in [1.82, 2.24) is 14.5 Å². The monoisotopic (exact) mass is 388 g/mol. The zero-order chi connectivity index (χ0) is 18.8. The second-order valence-corrected chi connectivity index (χ2v) is 9.63. The Balaban J connectivity index is 2.12. The van der Waals surface area contributed by atoms with Crippen LogP contribution in [0.1, 0.15) is 16.2 Å². The van der Waals surface area contributed by atoms with Gasteiger partial charge in [0.05, 0.1) is 4.90 Å². The van der Waals surface area contributed by atoms with Crippen molar-refractivity contribution in [2.75, 3.05) is 25.7 Å². The molecule has 0 radical (unpaired) electrons. The third-order valence-electron chi connectivity index (χ3n) is 2.97. The molecule has 2 rings (SSSR count). The Morgan fingerprint density at radius 1 is 1.12 bits per heavy atom. The fourth-order valence-corrected chi connectivity index (χ4v) is 3.21. The molecule has 0 unspecified atom stereocenters. The van der Waals surface area contributed by atoms with Crippen LogP contribution in [0.15, 0.2) is 33.6 Å². The number of anilines is 1. The summed E-state index contributed by atoms with van der Waals surface area (Å²) in [6.45, 7) is 0. The second-order valence-electron chi connectivity index (χ2n) is 5.34. The first-order valence-electron chi connectivity index (χ1n) is 6.83. The smallest absolute Gasteiger partial charge is 0.322 e. The van der Waals surface area contributed by atoms with Crippen LogP contribution in [0.2, 0.25) is 0 Å². The molecule has 1 heterocycles. The first kappa shape index (κ1) is 19.0. The lowest BCUT2D eigenvalue weighted by Crippen LogP contribution is -2.22. The highest BCUT2D eigenvalue weighted by atomic mass is 32.2. The Morgan fingerprint density at radius 2 is 1.72 bits per heavy atom. The molecular weight excluding hydrogens is 372 g/mol. The van der Waals surface area contributed by atoms with E-state index in [0.29, 0.717) is 0 Å². The maximum atomic E-state index is 12.1. The van der Waals surface area contributed by atoms with Gasteiger partial charge < -0.3 is 4.42 Å². The topological polar surface area (TPSA) is 140 Å². The van der Waals surface area contributed by atoms with E-state index in [-0.39, 0.29) is 22.4 Å².